The molecule has 0 aliphatic heterocycles. The summed E-state index contributed by atoms with van der Waals surface area (Å²) in [4.78, 5) is 37.6. The molecule has 0 aromatic rings. The number of rotatable bonds is 68. The van der Waals surface area contributed by atoms with Gasteiger partial charge in [-0.1, -0.05) is 333 Å². The lowest BCUT2D eigenvalue weighted by Crippen LogP contribution is -2.40. The molecular formula is C74H140NO8+. The average Bonchev–Trinajstić information content (AvgIpc) is 3.46. The van der Waals surface area contributed by atoms with Crippen LogP contribution in [0.15, 0.2) is 36.5 Å². The molecule has 1 N–H and O–H groups in total. The number of carbonyl (C=O) groups excluding carboxylic acids is 2. The van der Waals surface area contributed by atoms with E-state index in [0.717, 1.165) is 57.8 Å². The van der Waals surface area contributed by atoms with Crippen LogP contribution >= 0.6 is 0 Å². The monoisotopic (exact) mass is 1170 g/mol. The van der Waals surface area contributed by atoms with Crippen molar-refractivity contribution in [1.82, 2.24) is 0 Å². The smallest absolute Gasteiger partial charge is 0.361 e. The maximum atomic E-state index is 12.9. The second-order valence-electron chi connectivity index (χ2n) is 25.9. The number of aliphatic carboxylic acids is 1. The highest BCUT2D eigenvalue weighted by atomic mass is 16.7. The Kier molecular flexibility index (Phi) is 63.5. The van der Waals surface area contributed by atoms with Crippen LogP contribution in [0.3, 0.4) is 0 Å². The van der Waals surface area contributed by atoms with E-state index in [1.165, 1.54) is 270 Å². The molecule has 9 heteroatoms. The van der Waals surface area contributed by atoms with Crippen LogP contribution in [0, 0.1) is 0 Å². The zero-order valence-electron chi connectivity index (χ0n) is 55.9. The number of carboxylic acid groups (broad SMARTS) is 1. The number of hydrogen-bond donors (Lipinski definition) is 1. The fourth-order valence-corrected chi connectivity index (χ4v) is 10.8. The van der Waals surface area contributed by atoms with Crippen molar-refractivity contribution < 1.29 is 42.9 Å². The number of ether oxygens (including phenoxy) is 4. The molecule has 0 aromatic carbocycles. The van der Waals surface area contributed by atoms with Gasteiger partial charge in [-0.05, 0) is 51.4 Å². The van der Waals surface area contributed by atoms with E-state index in [1.54, 1.807) is 0 Å². The Hall–Kier alpha value is -2.49. The van der Waals surface area contributed by atoms with Gasteiger partial charge in [0.2, 0.25) is 0 Å². The molecule has 9 nitrogen and oxygen atoms in total. The first-order chi connectivity index (χ1) is 40.6. The second-order valence-corrected chi connectivity index (χ2v) is 25.9. The molecule has 2 unspecified atom stereocenters. The number of nitrogens with zero attached hydrogens (tertiary/aromatic N) is 1. The topological polar surface area (TPSA) is 108 Å². The highest BCUT2D eigenvalue weighted by Crippen LogP contribution is 2.19. The lowest BCUT2D eigenvalue weighted by atomic mass is 10.0. The van der Waals surface area contributed by atoms with E-state index < -0.39 is 24.3 Å². The first kappa shape index (κ1) is 80.5. The van der Waals surface area contributed by atoms with E-state index in [-0.39, 0.29) is 32.2 Å². The van der Waals surface area contributed by atoms with E-state index in [1.807, 2.05) is 21.1 Å². The first-order valence-corrected chi connectivity index (χ1v) is 36.2. The van der Waals surface area contributed by atoms with Gasteiger partial charge in [0.1, 0.15) is 13.2 Å². The van der Waals surface area contributed by atoms with Crippen molar-refractivity contribution >= 4 is 17.9 Å². The Morgan fingerprint density at radius 1 is 0.361 bits per heavy atom. The lowest BCUT2D eigenvalue weighted by molar-refractivity contribution is -0.870. The molecule has 83 heavy (non-hydrogen) atoms. The van der Waals surface area contributed by atoms with Gasteiger partial charge in [-0.3, -0.25) is 9.59 Å². The molecule has 0 saturated carbocycles. The Morgan fingerprint density at radius 2 is 0.651 bits per heavy atom. The molecule has 488 valence electrons. The number of carbonyl (C=O) groups is 3. The molecule has 0 rings (SSSR count). The van der Waals surface area contributed by atoms with Crippen LogP contribution in [-0.4, -0.2) is 87.4 Å². The van der Waals surface area contributed by atoms with Crippen molar-refractivity contribution in [2.24, 2.45) is 0 Å². The molecule has 0 saturated heterocycles. The maximum absolute atomic E-state index is 12.9. The number of unbranched alkanes of at least 4 members (excludes halogenated alkanes) is 47. The van der Waals surface area contributed by atoms with Crippen LogP contribution < -0.4 is 0 Å². The largest absolute Gasteiger partial charge is 0.477 e. The van der Waals surface area contributed by atoms with Gasteiger partial charge in [-0.25, -0.2) is 4.79 Å². The standard InChI is InChI=1S/C74H139NO8/c1-6-8-10-12-14-16-18-20-22-24-26-28-30-31-32-33-34-35-36-37-38-39-40-41-43-44-46-48-50-52-54-56-58-60-62-64-71(76)81-68-70(69-82-74(73(78)79)80-67-66-75(3,4)5)83-72(77)65-63-61-59-57-55-53-51-49-47-45-42-29-27-25-23-21-19-17-15-13-11-9-7-2/h19,21,25,27,42,45,70,74H,6-18,20,22-24,26,28-41,43-44,46-69H2,1-5H3/p+1/b21-19-,27-25-,45-42-. The Bertz CT molecular complexity index is 1450. The molecule has 0 fully saturated rings. The van der Waals surface area contributed by atoms with Crippen LogP contribution in [0.5, 0.6) is 0 Å². The predicted molar refractivity (Wildman–Crippen MR) is 355 cm³/mol. The normalized spacial score (nSPS) is 12.8. The SMILES string of the molecule is CCCCCCC/C=C\C/C=C\C/C=C\CCCCCCCCCCC(=O)OC(COC(=O)CCCCCCCCCCCCCCCCCCCCCCCCCCCCCCCCCCCCC)COC(OCC[N+](C)(C)C)C(=O)O. The maximum Gasteiger partial charge on any atom is 0.361 e. The van der Waals surface area contributed by atoms with Crippen molar-refractivity contribution in [3.63, 3.8) is 0 Å². The second kappa shape index (κ2) is 65.5. The molecule has 0 radical (unpaired) electrons. The highest BCUT2D eigenvalue weighted by molar-refractivity contribution is 5.71. The van der Waals surface area contributed by atoms with Crippen LogP contribution in [0.25, 0.3) is 0 Å². The van der Waals surface area contributed by atoms with E-state index in [2.05, 4.69) is 50.3 Å². The van der Waals surface area contributed by atoms with Gasteiger partial charge >= 0.3 is 17.9 Å². The third kappa shape index (κ3) is 66.9. The van der Waals surface area contributed by atoms with E-state index in [0.29, 0.717) is 23.9 Å². The molecule has 0 bridgehead atoms. The number of carboxylic acids is 1. The zero-order chi connectivity index (χ0) is 60.5. The summed E-state index contributed by atoms with van der Waals surface area (Å²) in [6.45, 7) is 4.92. The summed E-state index contributed by atoms with van der Waals surface area (Å²) in [5.41, 5.74) is 0. The zero-order valence-corrected chi connectivity index (χ0v) is 55.9. The lowest BCUT2D eigenvalue weighted by Gasteiger charge is -2.25. The van der Waals surface area contributed by atoms with E-state index in [9.17, 15) is 19.5 Å². The van der Waals surface area contributed by atoms with Crippen molar-refractivity contribution in [1.29, 1.82) is 0 Å². The summed E-state index contributed by atoms with van der Waals surface area (Å²) in [6.07, 6.45) is 79.9. The van der Waals surface area contributed by atoms with E-state index in [4.69, 9.17) is 18.9 Å². The van der Waals surface area contributed by atoms with Crippen LogP contribution in [-0.2, 0) is 33.3 Å². The van der Waals surface area contributed by atoms with Gasteiger partial charge in [0.05, 0.1) is 34.4 Å². The molecular weight excluding hydrogens is 1030 g/mol. The Morgan fingerprint density at radius 3 is 0.964 bits per heavy atom. The summed E-state index contributed by atoms with van der Waals surface area (Å²) in [6, 6.07) is 0. The van der Waals surface area contributed by atoms with E-state index >= 15 is 0 Å². The fraction of sp³-hybridized carbons (Fsp3) is 0.878. The summed E-state index contributed by atoms with van der Waals surface area (Å²) in [7, 11) is 5.98. The fourth-order valence-electron chi connectivity index (χ4n) is 10.8. The summed E-state index contributed by atoms with van der Waals surface area (Å²) < 4.78 is 23.0. The third-order valence-corrected chi connectivity index (χ3v) is 16.4. The highest BCUT2D eigenvalue weighted by Gasteiger charge is 2.25. The first-order valence-electron chi connectivity index (χ1n) is 36.2. The number of quaternary nitrogens is 1. The van der Waals surface area contributed by atoms with Gasteiger partial charge in [-0.15, -0.1) is 0 Å². The molecule has 0 heterocycles. The summed E-state index contributed by atoms with van der Waals surface area (Å²) in [5.74, 6) is -1.99. The van der Waals surface area contributed by atoms with Crippen molar-refractivity contribution in [3.8, 4) is 0 Å². The number of allylic oxidation sites excluding steroid dienone is 6. The summed E-state index contributed by atoms with van der Waals surface area (Å²) in [5, 5.41) is 9.74. The quantitative estimate of drug-likeness (QED) is 0.0211. The number of likely N-dealkylation sites (N-methyl/N-ethyl adjacent to an activating group) is 1. The number of esters is 2. The van der Waals surface area contributed by atoms with Crippen LogP contribution in [0.1, 0.15) is 361 Å². The van der Waals surface area contributed by atoms with Gasteiger partial charge in [0, 0.05) is 12.8 Å². The molecule has 0 spiro atoms. The third-order valence-electron chi connectivity index (χ3n) is 16.4. The number of hydrogen-bond acceptors (Lipinski definition) is 7. The van der Waals surface area contributed by atoms with Gasteiger partial charge in [-0.2, -0.15) is 0 Å². The minimum atomic E-state index is -1.51. The molecule has 0 aliphatic rings. The van der Waals surface area contributed by atoms with Gasteiger partial charge in [0.25, 0.3) is 6.29 Å². The van der Waals surface area contributed by atoms with Crippen LogP contribution in [0.2, 0.25) is 0 Å². The van der Waals surface area contributed by atoms with Gasteiger partial charge in [0.15, 0.2) is 6.10 Å². The Balaban J connectivity index is 4.02. The van der Waals surface area contributed by atoms with Gasteiger partial charge < -0.3 is 28.5 Å². The minimum Gasteiger partial charge on any atom is -0.477 e. The minimum absolute atomic E-state index is 0.181. The van der Waals surface area contributed by atoms with Crippen molar-refractivity contribution in [2.45, 2.75) is 373 Å². The summed E-state index contributed by atoms with van der Waals surface area (Å²) >= 11 is 0. The average molecular weight is 1170 g/mol. The molecule has 0 amide bonds. The van der Waals surface area contributed by atoms with Crippen molar-refractivity contribution in [3.05, 3.63) is 36.5 Å². The predicted octanol–water partition coefficient (Wildman–Crippen LogP) is 22.4. The van der Waals surface area contributed by atoms with Crippen molar-refractivity contribution in [2.75, 3.05) is 47.5 Å². The molecule has 0 aliphatic carbocycles. The molecule has 2 atom stereocenters. The van der Waals surface area contributed by atoms with Crippen LogP contribution in [0.4, 0.5) is 0 Å². The molecule has 0 aromatic heterocycles. The Labute approximate surface area is 515 Å².